The summed E-state index contributed by atoms with van der Waals surface area (Å²) in [5, 5.41) is 8.94. The van der Waals surface area contributed by atoms with Gasteiger partial charge in [-0.25, -0.2) is 4.79 Å². The van der Waals surface area contributed by atoms with Crippen molar-refractivity contribution in [3.05, 3.63) is 29.8 Å². The monoisotopic (exact) mass is 348 g/mol. The van der Waals surface area contributed by atoms with Gasteiger partial charge in [-0.2, -0.15) is 0 Å². The second-order valence-electron chi connectivity index (χ2n) is 7.29. The number of amides is 1. The molecule has 1 aromatic carbocycles. The van der Waals surface area contributed by atoms with E-state index < -0.39 is 5.97 Å². The van der Waals surface area contributed by atoms with E-state index in [1.54, 1.807) is 12.1 Å². The Kier molecular flexibility index (Phi) is 6.42. The number of carbonyl (C=O) groups is 2. The lowest BCUT2D eigenvalue weighted by Gasteiger charge is -2.25. The number of hydrogen-bond donors (Lipinski definition) is 1. The van der Waals surface area contributed by atoms with Crippen molar-refractivity contribution < 1.29 is 19.4 Å². The van der Waals surface area contributed by atoms with Crippen LogP contribution in [0.2, 0.25) is 0 Å². The fourth-order valence-electron chi connectivity index (χ4n) is 3.08. The van der Waals surface area contributed by atoms with Crippen LogP contribution in [0.5, 0.6) is 5.75 Å². The SMILES string of the molecule is CC(C)CC(=O)N1C[C@H](N(C)C)C[C@H]1COc1ccc(C(=O)O)cc1. The van der Waals surface area contributed by atoms with E-state index in [1.165, 1.54) is 12.1 Å². The number of aromatic carboxylic acids is 1. The molecule has 25 heavy (non-hydrogen) atoms. The molecule has 2 atom stereocenters. The Morgan fingerprint density at radius 2 is 1.92 bits per heavy atom. The van der Waals surface area contributed by atoms with Crippen molar-refractivity contribution in [2.75, 3.05) is 27.2 Å². The molecule has 0 saturated carbocycles. The zero-order valence-corrected chi connectivity index (χ0v) is 15.4. The van der Waals surface area contributed by atoms with Crippen LogP contribution >= 0.6 is 0 Å². The first kappa shape index (κ1) is 19.2. The molecule has 1 aliphatic rings. The number of ether oxygens (including phenoxy) is 1. The van der Waals surface area contributed by atoms with E-state index in [1.807, 2.05) is 32.8 Å². The molecule has 138 valence electrons. The Morgan fingerprint density at radius 1 is 1.28 bits per heavy atom. The maximum Gasteiger partial charge on any atom is 0.335 e. The Labute approximate surface area is 149 Å². The zero-order chi connectivity index (χ0) is 18.6. The summed E-state index contributed by atoms with van der Waals surface area (Å²) in [7, 11) is 4.06. The van der Waals surface area contributed by atoms with Gasteiger partial charge in [0, 0.05) is 19.0 Å². The van der Waals surface area contributed by atoms with E-state index in [4.69, 9.17) is 9.84 Å². The first-order valence-electron chi connectivity index (χ1n) is 8.70. The van der Waals surface area contributed by atoms with Gasteiger partial charge in [0.05, 0.1) is 11.6 Å². The van der Waals surface area contributed by atoms with Crippen molar-refractivity contribution in [1.29, 1.82) is 0 Å². The average molecular weight is 348 g/mol. The Balaban J connectivity index is 2.01. The highest BCUT2D eigenvalue weighted by molar-refractivity contribution is 5.87. The summed E-state index contributed by atoms with van der Waals surface area (Å²) in [6.45, 7) is 5.24. The van der Waals surface area contributed by atoms with E-state index in [9.17, 15) is 9.59 Å². The summed E-state index contributed by atoms with van der Waals surface area (Å²) >= 11 is 0. The van der Waals surface area contributed by atoms with E-state index >= 15 is 0 Å². The van der Waals surface area contributed by atoms with Crippen LogP contribution in [-0.2, 0) is 4.79 Å². The highest BCUT2D eigenvalue weighted by atomic mass is 16.5. The van der Waals surface area contributed by atoms with Crippen LogP contribution in [0.4, 0.5) is 0 Å². The van der Waals surface area contributed by atoms with Gasteiger partial charge in [0.15, 0.2) is 0 Å². The fraction of sp³-hybridized carbons (Fsp3) is 0.579. The fourth-order valence-corrected chi connectivity index (χ4v) is 3.08. The molecule has 0 aromatic heterocycles. The molecule has 0 bridgehead atoms. The quantitative estimate of drug-likeness (QED) is 0.819. The molecule has 1 fully saturated rings. The number of likely N-dealkylation sites (N-methyl/N-ethyl adjacent to an activating group) is 1. The zero-order valence-electron chi connectivity index (χ0n) is 15.4. The van der Waals surface area contributed by atoms with Crippen LogP contribution in [0.1, 0.15) is 37.0 Å². The van der Waals surface area contributed by atoms with Crippen molar-refractivity contribution >= 4 is 11.9 Å². The molecule has 0 radical (unpaired) electrons. The van der Waals surface area contributed by atoms with Gasteiger partial charge in [0.25, 0.3) is 0 Å². The van der Waals surface area contributed by atoms with Crippen LogP contribution < -0.4 is 4.74 Å². The standard InChI is InChI=1S/C19H28N2O4/c1-13(2)9-18(22)21-11-15(20(3)4)10-16(21)12-25-17-7-5-14(6-8-17)19(23)24/h5-8,13,15-16H,9-12H2,1-4H3,(H,23,24)/t15-,16+/m1/s1. The minimum absolute atomic E-state index is 0.0396. The lowest BCUT2D eigenvalue weighted by atomic mass is 10.1. The maximum atomic E-state index is 12.6. The van der Waals surface area contributed by atoms with Gasteiger partial charge in [-0.05, 0) is 50.7 Å². The van der Waals surface area contributed by atoms with Crippen LogP contribution in [0.25, 0.3) is 0 Å². The lowest BCUT2D eigenvalue weighted by molar-refractivity contribution is -0.133. The number of nitrogens with zero attached hydrogens (tertiary/aromatic N) is 2. The van der Waals surface area contributed by atoms with Crippen LogP contribution in [0, 0.1) is 5.92 Å². The third kappa shape index (κ3) is 5.19. The molecule has 1 N–H and O–H groups in total. The molecule has 0 unspecified atom stereocenters. The number of carbonyl (C=O) groups excluding carboxylic acids is 1. The highest BCUT2D eigenvalue weighted by Crippen LogP contribution is 2.24. The molecule has 2 rings (SSSR count). The molecule has 6 nitrogen and oxygen atoms in total. The molecular weight excluding hydrogens is 320 g/mol. The third-order valence-electron chi connectivity index (χ3n) is 4.57. The van der Waals surface area contributed by atoms with E-state index in [2.05, 4.69) is 4.90 Å². The van der Waals surface area contributed by atoms with E-state index in [0.717, 1.165) is 13.0 Å². The van der Waals surface area contributed by atoms with E-state index in [0.29, 0.717) is 30.7 Å². The molecule has 1 heterocycles. The minimum atomic E-state index is -0.957. The van der Waals surface area contributed by atoms with Gasteiger partial charge in [-0.1, -0.05) is 13.8 Å². The average Bonchev–Trinajstić information content (AvgIpc) is 2.97. The minimum Gasteiger partial charge on any atom is -0.491 e. The number of likely N-dealkylation sites (tertiary alicyclic amines) is 1. The van der Waals surface area contributed by atoms with Crippen molar-refractivity contribution in [3.63, 3.8) is 0 Å². The number of benzene rings is 1. The Hall–Kier alpha value is -2.08. The normalized spacial score (nSPS) is 20.3. The first-order valence-corrected chi connectivity index (χ1v) is 8.70. The predicted molar refractivity (Wildman–Crippen MR) is 95.9 cm³/mol. The molecule has 0 spiro atoms. The summed E-state index contributed by atoms with van der Waals surface area (Å²) in [5.74, 6) is 0.168. The summed E-state index contributed by atoms with van der Waals surface area (Å²) < 4.78 is 5.83. The van der Waals surface area contributed by atoms with Gasteiger partial charge in [-0.3, -0.25) is 4.79 Å². The number of carboxylic acid groups (broad SMARTS) is 1. The first-order chi connectivity index (χ1) is 11.8. The second-order valence-corrected chi connectivity index (χ2v) is 7.29. The van der Waals surface area contributed by atoms with Gasteiger partial charge in [0.1, 0.15) is 12.4 Å². The predicted octanol–water partition coefficient (Wildman–Crippen LogP) is 2.34. The molecule has 6 heteroatoms. The van der Waals surface area contributed by atoms with Crippen molar-refractivity contribution in [2.24, 2.45) is 5.92 Å². The Morgan fingerprint density at radius 3 is 2.44 bits per heavy atom. The highest BCUT2D eigenvalue weighted by Gasteiger charge is 2.36. The number of carboxylic acids is 1. The molecule has 1 aliphatic heterocycles. The maximum absolute atomic E-state index is 12.6. The summed E-state index contributed by atoms with van der Waals surface area (Å²) in [4.78, 5) is 27.5. The van der Waals surface area contributed by atoms with E-state index in [-0.39, 0.29) is 17.5 Å². The van der Waals surface area contributed by atoms with Gasteiger partial charge >= 0.3 is 5.97 Å². The van der Waals surface area contributed by atoms with Crippen LogP contribution in [-0.4, -0.2) is 66.1 Å². The van der Waals surface area contributed by atoms with Crippen molar-refractivity contribution in [2.45, 2.75) is 38.8 Å². The topological polar surface area (TPSA) is 70.1 Å². The van der Waals surface area contributed by atoms with Crippen LogP contribution in [0.3, 0.4) is 0 Å². The summed E-state index contributed by atoms with van der Waals surface area (Å²) in [5.41, 5.74) is 0.231. The third-order valence-corrected chi connectivity index (χ3v) is 4.57. The van der Waals surface area contributed by atoms with Crippen LogP contribution in [0.15, 0.2) is 24.3 Å². The molecule has 1 amide bonds. The molecule has 1 aromatic rings. The summed E-state index contributed by atoms with van der Waals surface area (Å²) in [6.07, 6.45) is 1.42. The van der Waals surface area contributed by atoms with Gasteiger partial charge < -0.3 is 19.6 Å². The molecule has 0 aliphatic carbocycles. The van der Waals surface area contributed by atoms with Gasteiger partial charge in [0.2, 0.25) is 5.91 Å². The largest absolute Gasteiger partial charge is 0.491 e. The number of hydrogen-bond acceptors (Lipinski definition) is 4. The lowest BCUT2D eigenvalue weighted by Crippen LogP contribution is -2.40. The Bertz CT molecular complexity index is 598. The molecule has 1 saturated heterocycles. The number of rotatable bonds is 7. The van der Waals surface area contributed by atoms with Crippen molar-refractivity contribution in [3.8, 4) is 5.75 Å². The van der Waals surface area contributed by atoms with Crippen molar-refractivity contribution in [1.82, 2.24) is 9.80 Å². The molecular formula is C19H28N2O4. The smallest absolute Gasteiger partial charge is 0.335 e. The van der Waals surface area contributed by atoms with Gasteiger partial charge in [-0.15, -0.1) is 0 Å². The second kappa shape index (κ2) is 8.34. The summed E-state index contributed by atoms with van der Waals surface area (Å²) in [6, 6.07) is 6.73.